The molecule has 3 N–H and O–H groups in total. The molecule has 0 atom stereocenters. The molecule has 2 aromatic rings. The van der Waals surface area contributed by atoms with E-state index in [1.165, 1.54) is 16.4 Å². The van der Waals surface area contributed by atoms with Crippen molar-refractivity contribution in [1.29, 1.82) is 0 Å². The molecule has 0 bridgehead atoms. The Morgan fingerprint density at radius 1 is 1.12 bits per heavy atom. The van der Waals surface area contributed by atoms with Gasteiger partial charge in [0.2, 0.25) is 10.0 Å². The van der Waals surface area contributed by atoms with Crippen LogP contribution >= 0.6 is 0 Å². The number of amides is 1. The number of nitrogens with zero attached hydrogens (tertiary/aromatic N) is 3. The molecule has 0 aromatic heterocycles. The van der Waals surface area contributed by atoms with Gasteiger partial charge in [-0.1, -0.05) is 24.3 Å². The fourth-order valence-electron chi connectivity index (χ4n) is 3.65. The number of hydrogen-bond donors (Lipinski definition) is 2. The first-order valence-electron chi connectivity index (χ1n) is 10.6. The van der Waals surface area contributed by atoms with Crippen molar-refractivity contribution in [2.75, 3.05) is 49.8 Å². The first-order chi connectivity index (χ1) is 15.3. The van der Waals surface area contributed by atoms with E-state index in [1.807, 2.05) is 5.43 Å². The predicted octanol–water partition coefficient (Wildman–Crippen LogP) is 1.40. The summed E-state index contributed by atoms with van der Waals surface area (Å²) in [6.45, 7) is 4.32. The Hall–Kier alpha value is -2.53. The average molecular weight is 464 g/mol. The number of nitrogens with one attached hydrogen (secondary N) is 1. The molecule has 0 aliphatic carbocycles. The smallest absolute Gasteiger partial charge is 0.265 e. The van der Waals surface area contributed by atoms with E-state index in [-0.39, 0.29) is 23.4 Å². The number of hydrazine groups is 1. The Morgan fingerprint density at radius 2 is 1.81 bits per heavy atom. The first kappa shape index (κ1) is 24.1. The predicted molar refractivity (Wildman–Crippen MR) is 123 cm³/mol. The Balaban J connectivity index is 1.75. The van der Waals surface area contributed by atoms with Crippen molar-refractivity contribution in [1.82, 2.24) is 15.2 Å². The molecule has 1 amide bonds. The Morgan fingerprint density at radius 3 is 2.44 bits per heavy atom. The van der Waals surface area contributed by atoms with Gasteiger partial charge in [0.15, 0.2) is 0 Å². The van der Waals surface area contributed by atoms with E-state index in [2.05, 4.69) is 16.8 Å². The number of sulfonamides is 1. The average Bonchev–Trinajstić information content (AvgIpc) is 2.79. The lowest BCUT2D eigenvalue weighted by Gasteiger charge is -2.32. The lowest BCUT2D eigenvalue weighted by Crippen LogP contribution is -2.45. The van der Waals surface area contributed by atoms with Gasteiger partial charge in [0, 0.05) is 37.3 Å². The van der Waals surface area contributed by atoms with Gasteiger partial charge in [-0.3, -0.25) is 14.5 Å². The zero-order valence-corrected chi connectivity index (χ0v) is 19.0. The van der Waals surface area contributed by atoms with Crippen LogP contribution in [0.1, 0.15) is 22.3 Å². The van der Waals surface area contributed by atoms with E-state index >= 15 is 0 Å². The highest BCUT2D eigenvalue weighted by molar-refractivity contribution is 7.92. The highest BCUT2D eigenvalue weighted by Crippen LogP contribution is 2.23. The standard InChI is InChI=1S/C22H30FN5O3S/c1-26-11-13-27(14-12-26)10-5-15-32(30,31)28(20-6-3-2-4-7-20)17-19-9-8-18(16-21(19)23)22(29)25-24/h2-4,6-9,16H,5,10-15,17,24H2,1H3,(H,25,29). The molecule has 0 saturated carbocycles. The SMILES string of the molecule is CN1CCN(CCCS(=O)(=O)N(Cc2ccc(C(=O)NN)cc2F)c2ccccc2)CC1. The molecule has 10 heteroatoms. The number of rotatable bonds is 9. The quantitative estimate of drug-likeness (QED) is 0.331. The fraction of sp³-hybridized carbons (Fsp3) is 0.409. The van der Waals surface area contributed by atoms with Gasteiger partial charge in [0.25, 0.3) is 5.91 Å². The largest absolute Gasteiger partial charge is 0.304 e. The maximum absolute atomic E-state index is 14.7. The van der Waals surface area contributed by atoms with Crippen molar-refractivity contribution in [2.45, 2.75) is 13.0 Å². The summed E-state index contributed by atoms with van der Waals surface area (Å²) in [5.74, 6) is 3.77. The third kappa shape index (κ3) is 6.26. The molecule has 174 valence electrons. The zero-order valence-electron chi connectivity index (χ0n) is 18.2. The van der Waals surface area contributed by atoms with Gasteiger partial charge < -0.3 is 9.80 Å². The van der Waals surface area contributed by atoms with Gasteiger partial charge in [0.05, 0.1) is 18.0 Å². The van der Waals surface area contributed by atoms with Crippen LogP contribution in [-0.2, 0) is 16.6 Å². The van der Waals surface area contributed by atoms with E-state index in [9.17, 15) is 17.6 Å². The summed E-state index contributed by atoms with van der Waals surface area (Å²) in [4.78, 5) is 16.1. The number of hydrogen-bond acceptors (Lipinski definition) is 6. The number of nitrogens with two attached hydrogens (primary N) is 1. The lowest BCUT2D eigenvalue weighted by atomic mass is 10.1. The van der Waals surface area contributed by atoms with Crippen LogP contribution in [0.15, 0.2) is 48.5 Å². The van der Waals surface area contributed by atoms with E-state index < -0.39 is 21.7 Å². The summed E-state index contributed by atoms with van der Waals surface area (Å²) in [7, 11) is -1.63. The van der Waals surface area contributed by atoms with Crippen molar-refractivity contribution in [3.8, 4) is 0 Å². The van der Waals surface area contributed by atoms with Crippen LogP contribution in [0.25, 0.3) is 0 Å². The van der Waals surface area contributed by atoms with Crippen LogP contribution < -0.4 is 15.6 Å². The highest BCUT2D eigenvalue weighted by Gasteiger charge is 2.25. The molecule has 8 nitrogen and oxygen atoms in total. The second-order valence-corrected chi connectivity index (χ2v) is 9.95. The molecule has 2 aromatic carbocycles. The monoisotopic (exact) mass is 463 g/mol. The van der Waals surface area contributed by atoms with Crippen molar-refractivity contribution in [2.24, 2.45) is 5.84 Å². The summed E-state index contributed by atoms with van der Waals surface area (Å²) < 4.78 is 42.4. The number of piperazine rings is 1. The molecular weight excluding hydrogens is 433 g/mol. The van der Waals surface area contributed by atoms with Crippen LogP contribution in [0.3, 0.4) is 0 Å². The molecule has 1 fully saturated rings. The molecule has 3 rings (SSSR count). The summed E-state index contributed by atoms with van der Waals surface area (Å²) in [6, 6.07) is 12.5. The van der Waals surface area contributed by atoms with E-state index in [1.54, 1.807) is 30.3 Å². The maximum atomic E-state index is 14.7. The summed E-state index contributed by atoms with van der Waals surface area (Å²) >= 11 is 0. The number of nitrogen functional groups attached to an aromatic ring is 1. The zero-order chi connectivity index (χ0) is 23.1. The molecule has 32 heavy (non-hydrogen) atoms. The van der Waals surface area contributed by atoms with E-state index in [0.29, 0.717) is 18.7 Å². The minimum atomic E-state index is -3.70. The third-order valence-corrected chi connectivity index (χ3v) is 7.43. The van der Waals surface area contributed by atoms with Crippen LogP contribution in [0.5, 0.6) is 0 Å². The second kappa shape index (κ2) is 10.9. The number of anilines is 1. The normalized spacial score (nSPS) is 15.5. The van der Waals surface area contributed by atoms with Crippen LogP contribution in [0.2, 0.25) is 0 Å². The Kier molecular flexibility index (Phi) is 8.19. The van der Waals surface area contributed by atoms with E-state index in [0.717, 1.165) is 32.2 Å². The van der Waals surface area contributed by atoms with Gasteiger partial charge in [-0.2, -0.15) is 0 Å². The van der Waals surface area contributed by atoms with Gasteiger partial charge >= 0.3 is 0 Å². The number of benzene rings is 2. The number of carbonyl (C=O) groups excluding carboxylic acids is 1. The number of likely N-dealkylation sites (N-methyl/N-ethyl adjacent to an activating group) is 1. The molecule has 0 unspecified atom stereocenters. The molecular formula is C22H30FN5O3S. The van der Waals surface area contributed by atoms with Crippen molar-refractivity contribution in [3.63, 3.8) is 0 Å². The Labute approximate surface area is 188 Å². The summed E-state index contributed by atoms with van der Waals surface area (Å²) in [5, 5.41) is 0. The van der Waals surface area contributed by atoms with Crippen molar-refractivity contribution >= 4 is 21.6 Å². The van der Waals surface area contributed by atoms with Crippen molar-refractivity contribution < 1.29 is 17.6 Å². The number of halogens is 1. The molecule has 1 heterocycles. The summed E-state index contributed by atoms with van der Waals surface area (Å²) in [6.07, 6.45) is 0.494. The van der Waals surface area contributed by atoms with Crippen LogP contribution in [-0.4, -0.2) is 69.6 Å². The number of carbonyl (C=O) groups is 1. The van der Waals surface area contributed by atoms with Crippen LogP contribution in [0, 0.1) is 5.82 Å². The second-order valence-electron chi connectivity index (χ2n) is 7.94. The highest BCUT2D eigenvalue weighted by atomic mass is 32.2. The molecule has 1 saturated heterocycles. The van der Waals surface area contributed by atoms with Crippen molar-refractivity contribution in [3.05, 3.63) is 65.5 Å². The minimum Gasteiger partial charge on any atom is -0.304 e. The first-order valence-corrected chi connectivity index (χ1v) is 12.2. The van der Waals surface area contributed by atoms with Gasteiger partial charge in [-0.05, 0) is 44.3 Å². The summed E-state index contributed by atoms with van der Waals surface area (Å²) in [5.41, 5.74) is 2.66. The maximum Gasteiger partial charge on any atom is 0.265 e. The third-order valence-electron chi connectivity index (χ3n) is 5.61. The molecule has 0 spiro atoms. The topological polar surface area (TPSA) is 99.0 Å². The number of para-hydroxylation sites is 1. The van der Waals surface area contributed by atoms with Crippen LogP contribution in [0.4, 0.5) is 10.1 Å². The molecule has 1 aliphatic heterocycles. The van der Waals surface area contributed by atoms with Gasteiger partial charge in [0.1, 0.15) is 5.82 Å². The molecule has 0 radical (unpaired) electrons. The fourth-order valence-corrected chi connectivity index (χ4v) is 5.14. The van der Waals surface area contributed by atoms with Gasteiger partial charge in [-0.25, -0.2) is 18.7 Å². The Bertz CT molecular complexity index is 1010. The lowest BCUT2D eigenvalue weighted by molar-refractivity contribution is 0.0953. The van der Waals surface area contributed by atoms with E-state index in [4.69, 9.17) is 5.84 Å². The molecule has 1 aliphatic rings. The minimum absolute atomic E-state index is 0.0382. The van der Waals surface area contributed by atoms with Gasteiger partial charge in [-0.15, -0.1) is 0 Å².